The molecule has 5 nitrogen and oxygen atoms in total. The quantitative estimate of drug-likeness (QED) is 0.494. The number of rotatable bonds is 6. The van der Waals surface area contributed by atoms with E-state index in [0.717, 1.165) is 6.08 Å². The second-order valence-electron chi connectivity index (χ2n) is 3.78. The SMILES string of the molecule is CCOC(=O)C(C(=O)O)C(=O)C=C(Cl)c1ccccc1. The molecule has 0 bridgehead atoms. The number of carbonyl (C=O) groups is 3. The normalized spacial score (nSPS) is 12.6. The van der Waals surface area contributed by atoms with Crippen molar-refractivity contribution in [2.24, 2.45) is 5.92 Å². The van der Waals surface area contributed by atoms with E-state index in [1.165, 1.54) is 6.92 Å². The summed E-state index contributed by atoms with van der Waals surface area (Å²) in [6.45, 7) is 1.51. The van der Waals surface area contributed by atoms with E-state index in [2.05, 4.69) is 4.74 Å². The average Bonchev–Trinajstić information content (AvgIpc) is 2.39. The standard InChI is InChI=1S/C14H13ClO5/c1-2-20-14(19)12(13(17)18)11(16)8-10(15)9-6-4-3-5-7-9/h3-8,12H,2H2,1H3,(H,17,18). The highest BCUT2D eigenvalue weighted by molar-refractivity contribution is 6.50. The van der Waals surface area contributed by atoms with E-state index in [-0.39, 0.29) is 11.6 Å². The fraction of sp³-hybridized carbons (Fsp3) is 0.214. The third-order valence-corrected chi connectivity index (χ3v) is 2.70. The average molecular weight is 297 g/mol. The van der Waals surface area contributed by atoms with Gasteiger partial charge in [-0.25, -0.2) is 0 Å². The fourth-order valence-electron chi connectivity index (χ4n) is 1.45. The number of hydrogen-bond acceptors (Lipinski definition) is 4. The van der Waals surface area contributed by atoms with Gasteiger partial charge in [0.15, 0.2) is 5.78 Å². The molecule has 1 rings (SSSR count). The number of carboxylic acid groups (broad SMARTS) is 1. The minimum atomic E-state index is -1.90. The molecule has 0 saturated carbocycles. The van der Waals surface area contributed by atoms with Crippen LogP contribution in [-0.4, -0.2) is 29.4 Å². The monoisotopic (exact) mass is 296 g/mol. The molecule has 6 heteroatoms. The lowest BCUT2D eigenvalue weighted by atomic mass is 10.0. The van der Waals surface area contributed by atoms with E-state index in [1.54, 1.807) is 30.3 Å². The van der Waals surface area contributed by atoms with Gasteiger partial charge in [0.2, 0.25) is 5.92 Å². The smallest absolute Gasteiger partial charge is 0.328 e. The van der Waals surface area contributed by atoms with Gasteiger partial charge in [-0.15, -0.1) is 0 Å². The Bertz CT molecular complexity index is 536. The van der Waals surface area contributed by atoms with Gasteiger partial charge in [-0.1, -0.05) is 41.9 Å². The van der Waals surface area contributed by atoms with E-state index >= 15 is 0 Å². The Hall–Kier alpha value is -2.14. The van der Waals surface area contributed by atoms with E-state index in [9.17, 15) is 14.4 Å². The molecule has 1 N–H and O–H groups in total. The molecule has 20 heavy (non-hydrogen) atoms. The van der Waals surface area contributed by atoms with Gasteiger partial charge < -0.3 is 9.84 Å². The highest BCUT2D eigenvalue weighted by Gasteiger charge is 2.34. The lowest BCUT2D eigenvalue weighted by Crippen LogP contribution is -2.32. The van der Waals surface area contributed by atoms with Crippen molar-refractivity contribution >= 4 is 34.4 Å². The maximum absolute atomic E-state index is 11.8. The van der Waals surface area contributed by atoms with Crippen LogP contribution in [0.4, 0.5) is 0 Å². The maximum atomic E-state index is 11.8. The van der Waals surface area contributed by atoms with Crippen LogP contribution in [0.15, 0.2) is 36.4 Å². The van der Waals surface area contributed by atoms with Gasteiger partial charge in [-0.05, 0) is 12.5 Å². The predicted octanol–water partition coefficient (Wildman–Crippen LogP) is 2.10. The zero-order valence-electron chi connectivity index (χ0n) is 10.7. The van der Waals surface area contributed by atoms with Gasteiger partial charge >= 0.3 is 11.9 Å². The summed E-state index contributed by atoms with van der Waals surface area (Å²) in [5, 5.41) is 8.99. The lowest BCUT2D eigenvalue weighted by molar-refractivity contribution is -0.160. The van der Waals surface area contributed by atoms with Crippen LogP contribution >= 0.6 is 11.6 Å². The van der Waals surface area contributed by atoms with Crippen LogP contribution in [0, 0.1) is 5.92 Å². The first kappa shape index (κ1) is 15.9. The first-order chi connectivity index (χ1) is 9.47. The topological polar surface area (TPSA) is 80.7 Å². The van der Waals surface area contributed by atoms with Gasteiger partial charge in [0.05, 0.1) is 11.6 Å². The number of carbonyl (C=O) groups excluding carboxylic acids is 2. The zero-order valence-corrected chi connectivity index (χ0v) is 11.5. The van der Waals surface area contributed by atoms with Crippen molar-refractivity contribution in [3.63, 3.8) is 0 Å². The molecule has 0 aromatic heterocycles. The van der Waals surface area contributed by atoms with Crippen LogP contribution < -0.4 is 0 Å². The van der Waals surface area contributed by atoms with Crippen LogP contribution in [0.1, 0.15) is 12.5 Å². The first-order valence-corrected chi connectivity index (χ1v) is 6.21. The molecule has 0 fully saturated rings. The minimum Gasteiger partial charge on any atom is -0.480 e. The maximum Gasteiger partial charge on any atom is 0.328 e. The first-order valence-electron chi connectivity index (χ1n) is 5.83. The van der Waals surface area contributed by atoms with Crippen molar-refractivity contribution in [1.82, 2.24) is 0 Å². The highest BCUT2D eigenvalue weighted by atomic mass is 35.5. The van der Waals surface area contributed by atoms with Crippen LogP contribution in [-0.2, 0) is 19.1 Å². The van der Waals surface area contributed by atoms with Gasteiger partial charge in [0.25, 0.3) is 0 Å². The molecule has 0 saturated heterocycles. The fourth-order valence-corrected chi connectivity index (χ4v) is 1.69. The molecular weight excluding hydrogens is 284 g/mol. The molecule has 0 amide bonds. The highest BCUT2D eigenvalue weighted by Crippen LogP contribution is 2.19. The Morgan fingerprint density at radius 2 is 1.90 bits per heavy atom. The van der Waals surface area contributed by atoms with Gasteiger partial charge in [0.1, 0.15) is 0 Å². The van der Waals surface area contributed by atoms with Crippen molar-refractivity contribution in [3.05, 3.63) is 42.0 Å². The van der Waals surface area contributed by atoms with Crippen molar-refractivity contribution in [1.29, 1.82) is 0 Å². The van der Waals surface area contributed by atoms with E-state index < -0.39 is 23.6 Å². The summed E-state index contributed by atoms with van der Waals surface area (Å²) < 4.78 is 4.56. The molecule has 0 radical (unpaired) electrons. The Morgan fingerprint density at radius 3 is 2.40 bits per heavy atom. The van der Waals surface area contributed by atoms with Crippen molar-refractivity contribution in [2.75, 3.05) is 6.61 Å². The Kier molecular flexibility index (Phi) is 5.93. The number of carboxylic acids is 1. The molecule has 1 aromatic carbocycles. The molecule has 0 aliphatic carbocycles. The lowest BCUT2D eigenvalue weighted by Gasteiger charge is -2.08. The second-order valence-corrected chi connectivity index (χ2v) is 4.19. The summed E-state index contributed by atoms with van der Waals surface area (Å²) in [6, 6.07) is 8.53. The van der Waals surface area contributed by atoms with Gasteiger partial charge in [0, 0.05) is 6.08 Å². The summed E-state index contributed by atoms with van der Waals surface area (Å²) in [4.78, 5) is 34.3. The number of ketones is 1. The van der Waals surface area contributed by atoms with Crippen molar-refractivity contribution in [2.45, 2.75) is 6.92 Å². The number of esters is 1. The molecule has 106 valence electrons. The Balaban J connectivity index is 2.97. The molecule has 0 aliphatic heterocycles. The van der Waals surface area contributed by atoms with E-state index in [0.29, 0.717) is 5.56 Å². The molecular formula is C14H13ClO5. The van der Waals surface area contributed by atoms with Gasteiger partial charge in [-0.3, -0.25) is 14.4 Å². The summed E-state index contributed by atoms with van der Waals surface area (Å²) >= 11 is 5.93. The Labute approximate surface area is 120 Å². The molecule has 1 atom stereocenters. The van der Waals surface area contributed by atoms with Crippen LogP contribution in [0.3, 0.4) is 0 Å². The Morgan fingerprint density at radius 1 is 1.30 bits per heavy atom. The van der Waals surface area contributed by atoms with E-state index in [1.807, 2.05) is 0 Å². The summed E-state index contributed by atoms with van der Waals surface area (Å²) in [6.07, 6.45) is 0.923. The number of aliphatic carboxylic acids is 1. The molecule has 0 spiro atoms. The van der Waals surface area contributed by atoms with Crippen molar-refractivity contribution < 1.29 is 24.2 Å². The van der Waals surface area contributed by atoms with Crippen LogP contribution in [0.5, 0.6) is 0 Å². The largest absolute Gasteiger partial charge is 0.480 e. The summed E-state index contributed by atoms with van der Waals surface area (Å²) in [5.74, 6) is -5.49. The third kappa shape index (κ3) is 4.20. The van der Waals surface area contributed by atoms with Crippen molar-refractivity contribution in [3.8, 4) is 0 Å². The third-order valence-electron chi connectivity index (χ3n) is 2.37. The number of halogens is 1. The van der Waals surface area contributed by atoms with E-state index in [4.69, 9.17) is 16.7 Å². The number of allylic oxidation sites excluding steroid dienone is 1. The summed E-state index contributed by atoms with van der Waals surface area (Å²) in [5.41, 5.74) is 0.551. The molecule has 1 unspecified atom stereocenters. The van der Waals surface area contributed by atoms with Crippen LogP contribution in [0.25, 0.3) is 5.03 Å². The molecule has 0 aliphatic rings. The summed E-state index contributed by atoms with van der Waals surface area (Å²) in [7, 11) is 0. The number of ether oxygens (including phenoxy) is 1. The zero-order chi connectivity index (χ0) is 15.1. The van der Waals surface area contributed by atoms with Crippen LogP contribution in [0.2, 0.25) is 0 Å². The molecule has 1 aromatic rings. The second kappa shape index (κ2) is 7.45. The van der Waals surface area contributed by atoms with Gasteiger partial charge in [-0.2, -0.15) is 0 Å². The minimum absolute atomic E-state index is 0.00791. The predicted molar refractivity (Wildman–Crippen MR) is 73.0 cm³/mol. The number of benzene rings is 1. The molecule has 0 heterocycles. The number of hydrogen-bond donors (Lipinski definition) is 1.